The summed E-state index contributed by atoms with van der Waals surface area (Å²) in [6, 6.07) is 8.85. The minimum Gasteiger partial charge on any atom is -0.746 e. The van der Waals surface area contributed by atoms with Crippen molar-refractivity contribution in [2.24, 2.45) is 0 Å². The zero-order valence-corrected chi connectivity index (χ0v) is 11.9. The molecular weight excluding hydrogens is 239 g/mol. The third-order valence-corrected chi connectivity index (χ3v) is 2.78. The van der Waals surface area contributed by atoms with E-state index < -0.39 is 15.6 Å². The van der Waals surface area contributed by atoms with Crippen molar-refractivity contribution in [3.63, 3.8) is 0 Å². The molecule has 0 bridgehead atoms. The van der Waals surface area contributed by atoms with E-state index in [-0.39, 0.29) is 35.1 Å². The molecule has 0 aliphatic carbocycles. The second kappa shape index (κ2) is 6.54. The van der Waals surface area contributed by atoms with Crippen LogP contribution in [-0.2, 0) is 10.1 Å². The Morgan fingerprint density at radius 1 is 1.38 bits per heavy atom. The first-order valence-corrected chi connectivity index (χ1v) is 5.74. The summed E-state index contributed by atoms with van der Waals surface area (Å²) >= 11 is 0. The number of aliphatic hydroxyl groups is 1. The number of hydrogen-bond donors (Lipinski definition) is 1. The number of rotatable bonds is 3. The monoisotopic (exact) mass is 250 g/mol. The average molecular weight is 250 g/mol. The van der Waals surface area contributed by atoms with Crippen molar-refractivity contribution in [3.8, 4) is 0 Å². The van der Waals surface area contributed by atoms with Crippen LogP contribution >= 0.6 is 0 Å². The molecular formula is C10H11NaO4S. The zero-order valence-electron chi connectivity index (χ0n) is 9.12. The van der Waals surface area contributed by atoms with E-state index in [1.54, 1.807) is 24.3 Å². The summed E-state index contributed by atoms with van der Waals surface area (Å²) in [5.41, 5.74) is -1.13. The van der Waals surface area contributed by atoms with Gasteiger partial charge in [0.2, 0.25) is 0 Å². The summed E-state index contributed by atoms with van der Waals surface area (Å²) in [6.45, 7) is 1.40. The van der Waals surface area contributed by atoms with Crippen molar-refractivity contribution in [1.82, 2.24) is 0 Å². The Bertz CT molecular complexity index is 453. The Labute approximate surface area is 117 Å². The summed E-state index contributed by atoms with van der Waals surface area (Å²) in [5.74, 6) is 0. The van der Waals surface area contributed by atoms with Crippen LogP contribution in [0.15, 0.2) is 35.9 Å². The predicted molar refractivity (Wildman–Crippen MR) is 55.8 cm³/mol. The van der Waals surface area contributed by atoms with Gasteiger partial charge in [-0.15, -0.1) is 0 Å². The molecule has 1 aromatic carbocycles. The number of hydrogen-bond acceptors (Lipinski definition) is 4. The van der Waals surface area contributed by atoms with E-state index in [1.165, 1.54) is 13.0 Å². The van der Waals surface area contributed by atoms with Crippen LogP contribution in [0.5, 0.6) is 0 Å². The number of benzene rings is 1. The van der Waals surface area contributed by atoms with Crippen LogP contribution in [-0.4, -0.2) is 23.5 Å². The molecule has 0 aliphatic heterocycles. The van der Waals surface area contributed by atoms with Gasteiger partial charge in [-0.1, -0.05) is 36.4 Å². The molecule has 0 aromatic heterocycles. The fourth-order valence-corrected chi connectivity index (χ4v) is 1.63. The Morgan fingerprint density at radius 3 is 2.31 bits per heavy atom. The van der Waals surface area contributed by atoms with Crippen LogP contribution in [0.3, 0.4) is 0 Å². The molecule has 1 N–H and O–H groups in total. The second-order valence-electron chi connectivity index (χ2n) is 3.14. The van der Waals surface area contributed by atoms with Gasteiger partial charge in [-0.3, -0.25) is 0 Å². The van der Waals surface area contributed by atoms with E-state index in [1.807, 2.05) is 6.07 Å². The van der Waals surface area contributed by atoms with Crippen molar-refractivity contribution in [3.05, 3.63) is 41.5 Å². The molecule has 1 atom stereocenters. The maximum Gasteiger partial charge on any atom is 1.00 e. The standard InChI is InChI=1S/C10H12O4S.Na/c1-8(10(11)15(12,13)14)7-9-5-3-2-4-6-9;/h2-7,10-11H,1H3,(H,12,13,14);/q;+1/p-1/b8-7+;. The molecule has 0 saturated carbocycles. The van der Waals surface area contributed by atoms with Crippen LogP contribution in [0.2, 0.25) is 0 Å². The molecule has 1 rings (SSSR count). The van der Waals surface area contributed by atoms with E-state index in [0.29, 0.717) is 0 Å². The van der Waals surface area contributed by atoms with Gasteiger partial charge >= 0.3 is 29.6 Å². The van der Waals surface area contributed by atoms with Gasteiger partial charge in [-0.05, 0) is 18.1 Å². The first-order valence-electron chi connectivity index (χ1n) is 4.27. The third kappa shape index (κ3) is 4.78. The Morgan fingerprint density at radius 2 is 1.88 bits per heavy atom. The van der Waals surface area contributed by atoms with Gasteiger partial charge in [0.1, 0.15) is 10.1 Å². The molecule has 0 heterocycles. The molecule has 82 valence electrons. The fourth-order valence-electron chi connectivity index (χ4n) is 1.11. The van der Waals surface area contributed by atoms with Crippen molar-refractivity contribution < 1.29 is 47.6 Å². The molecule has 0 spiro atoms. The Balaban J connectivity index is 0.00000225. The maximum atomic E-state index is 10.5. The van der Waals surface area contributed by atoms with E-state index in [9.17, 15) is 13.0 Å². The SMILES string of the molecule is C/C(=C\c1ccccc1)C(O)S(=O)(=O)[O-].[Na+]. The first kappa shape index (κ1) is 15.8. The normalized spacial score (nSPS) is 14.1. The van der Waals surface area contributed by atoms with Gasteiger partial charge in [0.05, 0.1) is 0 Å². The maximum absolute atomic E-state index is 10.5. The molecule has 0 saturated heterocycles. The van der Waals surface area contributed by atoms with Crippen LogP contribution < -0.4 is 29.6 Å². The Kier molecular flexibility index (Phi) is 6.47. The number of aliphatic hydroxyl groups excluding tert-OH is 1. The largest absolute Gasteiger partial charge is 1.00 e. The molecule has 1 unspecified atom stereocenters. The van der Waals surface area contributed by atoms with Crippen LogP contribution in [0, 0.1) is 0 Å². The van der Waals surface area contributed by atoms with Crippen LogP contribution in [0.4, 0.5) is 0 Å². The van der Waals surface area contributed by atoms with Gasteiger partial charge < -0.3 is 9.66 Å². The summed E-state index contributed by atoms with van der Waals surface area (Å²) < 4.78 is 31.5. The van der Waals surface area contributed by atoms with Crippen LogP contribution in [0.1, 0.15) is 12.5 Å². The molecule has 0 fully saturated rings. The van der Waals surface area contributed by atoms with Gasteiger partial charge in [0, 0.05) is 0 Å². The smallest absolute Gasteiger partial charge is 0.746 e. The fraction of sp³-hybridized carbons (Fsp3) is 0.200. The zero-order chi connectivity index (χ0) is 11.5. The van der Waals surface area contributed by atoms with Crippen molar-refractivity contribution >= 4 is 16.2 Å². The average Bonchev–Trinajstić information content (AvgIpc) is 2.16. The third-order valence-electron chi connectivity index (χ3n) is 1.86. The minimum absolute atomic E-state index is 0. The van der Waals surface area contributed by atoms with Crippen molar-refractivity contribution in [2.75, 3.05) is 0 Å². The van der Waals surface area contributed by atoms with Crippen molar-refractivity contribution in [1.29, 1.82) is 0 Å². The summed E-state index contributed by atoms with van der Waals surface area (Å²) in [4.78, 5) is 0. The molecule has 16 heavy (non-hydrogen) atoms. The quantitative estimate of drug-likeness (QED) is 0.495. The van der Waals surface area contributed by atoms with Gasteiger partial charge in [-0.25, -0.2) is 8.42 Å². The molecule has 6 heteroatoms. The van der Waals surface area contributed by atoms with E-state index >= 15 is 0 Å². The summed E-state index contributed by atoms with van der Waals surface area (Å²) in [5, 5.41) is 9.15. The minimum atomic E-state index is -4.68. The summed E-state index contributed by atoms with van der Waals surface area (Å²) in [7, 11) is -4.68. The Hall–Kier alpha value is -0.170. The van der Waals surface area contributed by atoms with E-state index in [4.69, 9.17) is 5.11 Å². The van der Waals surface area contributed by atoms with Gasteiger partial charge in [0.25, 0.3) is 0 Å². The van der Waals surface area contributed by atoms with Crippen LogP contribution in [0.25, 0.3) is 6.08 Å². The molecule has 4 nitrogen and oxygen atoms in total. The second-order valence-corrected chi connectivity index (χ2v) is 4.58. The summed E-state index contributed by atoms with van der Waals surface area (Å²) in [6.07, 6.45) is 1.46. The molecule has 0 aliphatic rings. The topological polar surface area (TPSA) is 77.4 Å². The predicted octanol–water partition coefficient (Wildman–Crippen LogP) is -2.04. The molecule has 1 aromatic rings. The van der Waals surface area contributed by atoms with E-state index in [0.717, 1.165) is 5.56 Å². The molecule has 0 amide bonds. The van der Waals surface area contributed by atoms with Gasteiger partial charge in [0.15, 0.2) is 5.44 Å². The van der Waals surface area contributed by atoms with Crippen molar-refractivity contribution in [2.45, 2.75) is 12.4 Å². The molecule has 0 radical (unpaired) electrons. The first-order chi connectivity index (χ1) is 6.91. The van der Waals surface area contributed by atoms with E-state index in [2.05, 4.69) is 0 Å². The van der Waals surface area contributed by atoms with Gasteiger partial charge in [-0.2, -0.15) is 0 Å².